The molecule has 1 aliphatic heterocycles. The second-order valence-electron chi connectivity index (χ2n) is 3.48. The summed E-state index contributed by atoms with van der Waals surface area (Å²) in [7, 11) is 4.88. The van der Waals surface area contributed by atoms with Gasteiger partial charge < -0.3 is 9.47 Å². The molecule has 0 aromatic heterocycles. The van der Waals surface area contributed by atoms with Crippen LogP contribution in [-0.2, 0) is 9.47 Å². The summed E-state index contributed by atoms with van der Waals surface area (Å²) in [6.07, 6.45) is 5.12. The van der Waals surface area contributed by atoms with E-state index in [-0.39, 0.29) is 6.09 Å². The number of aliphatic imine (C=N–C) groups is 1. The fraction of sp³-hybridized carbons (Fsp3) is 0.500. The maximum absolute atomic E-state index is 11.5. The smallest absolute Gasteiger partial charge is 0.411 e. The lowest BCUT2D eigenvalue weighted by Crippen LogP contribution is -2.29. The van der Waals surface area contributed by atoms with Crippen LogP contribution < -0.4 is 0 Å². The molecule has 0 radical (unpaired) electrons. The van der Waals surface area contributed by atoms with Crippen molar-refractivity contribution in [2.75, 3.05) is 39.3 Å². The van der Waals surface area contributed by atoms with Crippen molar-refractivity contribution in [3.63, 3.8) is 0 Å². The fourth-order valence-electron chi connectivity index (χ4n) is 1.20. The lowest BCUT2D eigenvalue weighted by molar-refractivity contribution is 0.0908. The molecule has 0 aromatic carbocycles. The number of hydrogen-bond donors (Lipinski definition) is 0. The van der Waals surface area contributed by atoms with E-state index >= 15 is 0 Å². The minimum atomic E-state index is -0.306. The molecule has 0 bridgehead atoms. The molecule has 1 fully saturated rings. The Morgan fingerprint density at radius 1 is 1.63 bits per heavy atom. The first-order valence-electron chi connectivity index (χ1n) is 5.82. The van der Waals surface area contributed by atoms with Gasteiger partial charge in [-0.1, -0.05) is 29.5 Å². The quantitative estimate of drug-likeness (QED) is 0.248. The van der Waals surface area contributed by atoms with Gasteiger partial charge in [0, 0.05) is 19.3 Å². The van der Waals surface area contributed by atoms with Gasteiger partial charge in [0.15, 0.2) is 0 Å². The zero-order valence-corrected chi connectivity index (χ0v) is 12.5. The van der Waals surface area contributed by atoms with Crippen LogP contribution in [0.2, 0.25) is 0 Å². The Morgan fingerprint density at radius 2 is 2.47 bits per heavy atom. The first-order valence-corrected chi connectivity index (χ1v) is 8.14. The Hall–Kier alpha value is -0.920. The first kappa shape index (κ1) is 16.1. The van der Waals surface area contributed by atoms with Gasteiger partial charge in [0.05, 0.1) is 6.61 Å². The molecule has 1 amide bonds. The number of carbonyl (C=O) groups is 1. The van der Waals surface area contributed by atoms with Crippen molar-refractivity contribution in [3.8, 4) is 0 Å². The van der Waals surface area contributed by atoms with Crippen molar-refractivity contribution in [2.45, 2.75) is 0 Å². The molecule has 0 aromatic rings. The highest BCUT2D eigenvalue weighted by molar-refractivity contribution is 8.82. The zero-order chi connectivity index (χ0) is 13.9. The van der Waals surface area contributed by atoms with Crippen molar-refractivity contribution >= 4 is 32.7 Å². The number of hydrogen-bond acceptors (Lipinski definition) is 6. The largest absolute Gasteiger partial charge is 0.448 e. The van der Waals surface area contributed by atoms with Crippen LogP contribution in [0.3, 0.4) is 0 Å². The second kappa shape index (κ2) is 9.94. The van der Waals surface area contributed by atoms with E-state index < -0.39 is 0 Å². The number of carbonyl (C=O) groups excluding carboxylic acids is 1. The van der Waals surface area contributed by atoms with Gasteiger partial charge in [-0.2, -0.15) is 0 Å². The Labute approximate surface area is 121 Å². The topological polar surface area (TPSA) is 51.1 Å². The summed E-state index contributed by atoms with van der Waals surface area (Å²) in [6.45, 7) is 5.52. The number of nitrogens with zero attached hydrogens (tertiary/aromatic N) is 2. The van der Waals surface area contributed by atoms with Gasteiger partial charge in [-0.25, -0.2) is 4.79 Å². The van der Waals surface area contributed by atoms with E-state index in [4.69, 9.17) is 9.47 Å². The van der Waals surface area contributed by atoms with Crippen molar-refractivity contribution < 1.29 is 14.3 Å². The Morgan fingerprint density at radius 3 is 3.11 bits per heavy atom. The number of ether oxygens (including phenoxy) is 2. The first-order chi connectivity index (χ1) is 9.27. The van der Waals surface area contributed by atoms with Crippen LogP contribution in [0.1, 0.15) is 0 Å². The molecule has 0 atom stereocenters. The van der Waals surface area contributed by atoms with Crippen LogP contribution in [0.15, 0.2) is 29.8 Å². The predicted octanol–water partition coefficient (Wildman–Crippen LogP) is 2.56. The van der Waals surface area contributed by atoms with E-state index in [0.29, 0.717) is 32.2 Å². The molecule has 0 spiro atoms. The normalized spacial score (nSPS) is 16.1. The van der Waals surface area contributed by atoms with Crippen LogP contribution >= 0.6 is 21.6 Å². The van der Waals surface area contributed by atoms with Crippen LogP contribution in [0.4, 0.5) is 4.79 Å². The summed E-state index contributed by atoms with van der Waals surface area (Å²) >= 11 is 0. The fourth-order valence-corrected chi connectivity index (χ4v) is 2.98. The van der Waals surface area contributed by atoms with E-state index in [1.807, 2.05) is 12.2 Å². The van der Waals surface area contributed by atoms with E-state index in [0.717, 1.165) is 5.04 Å². The van der Waals surface area contributed by atoms with Gasteiger partial charge in [-0.3, -0.25) is 9.89 Å². The third-order valence-electron chi connectivity index (χ3n) is 2.14. The highest BCUT2D eigenvalue weighted by Crippen LogP contribution is 2.23. The average Bonchev–Trinajstić information content (AvgIpc) is 2.95. The van der Waals surface area contributed by atoms with Crippen LogP contribution in [0.5, 0.6) is 0 Å². The van der Waals surface area contributed by atoms with Crippen molar-refractivity contribution in [1.29, 1.82) is 0 Å². The van der Waals surface area contributed by atoms with Gasteiger partial charge >= 0.3 is 6.09 Å². The molecule has 0 unspecified atom stereocenters. The van der Waals surface area contributed by atoms with Crippen molar-refractivity contribution in [3.05, 3.63) is 24.8 Å². The van der Waals surface area contributed by atoms with E-state index in [2.05, 4.69) is 11.6 Å². The standard InChI is InChI=1S/C12H18N2O3S2/c1-3-4-5-11(13-2)19-18-9-8-17-12(15)14-6-7-16-10-14/h3-5H,1,6-10H2,2H3/b5-4-,13-11?. The molecule has 1 aliphatic rings. The molecule has 106 valence electrons. The lowest BCUT2D eigenvalue weighted by atomic mass is 10.5. The SMILES string of the molecule is C=C/C=C\C(=NC)SSCCOC(=O)N1CCOC1. The average molecular weight is 302 g/mol. The Balaban J connectivity index is 2.08. The Bertz CT molecular complexity index is 353. The number of allylic oxidation sites excluding steroid dienone is 2. The van der Waals surface area contributed by atoms with Crippen molar-refractivity contribution in [2.24, 2.45) is 4.99 Å². The van der Waals surface area contributed by atoms with E-state index in [1.54, 1.807) is 39.6 Å². The molecule has 1 saturated heterocycles. The summed E-state index contributed by atoms with van der Waals surface area (Å²) in [5.41, 5.74) is 0. The molecule has 7 heteroatoms. The highest BCUT2D eigenvalue weighted by Gasteiger charge is 2.19. The zero-order valence-electron chi connectivity index (χ0n) is 10.9. The predicted molar refractivity (Wildman–Crippen MR) is 81.6 cm³/mol. The number of rotatable bonds is 6. The minimum Gasteiger partial charge on any atom is -0.448 e. The van der Waals surface area contributed by atoms with E-state index in [9.17, 15) is 4.79 Å². The molecule has 0 saturated carbocycles. The van der Waals surface area contributed by atoms with Crippen molar-refractivity contribution in [1.82, 2.24) is 4.90 Å². The van der Waals surface area contributed by atoms with Crippen LogP contribution in [0.25, 0.3) is 0 Å². The second-order valence-corrected chi connectivity index (χ2v) is 5.91. The molecule has 5 nitrogen and oxygen atoms in total. The minimum absolute atomic E-state index is 0.306. The maximum Gasteiger partial charge on any atom is 0.411 e. The van der Waals surface area contributed by atoms with Crippen LogP contribution in [0, 0.1) is 0 Å². The van der Waals surface area contributed by atoms with Gasteiger partial charge in [0.25, 0.3) is 0 Å². The van der Waals surface area contributed by atoms with Gasteiger partial charge in [-0.05, 0) is 16.9 Å². The molecule has 19 heavy (non-hydrogen) atoms. The summed E-state index contributed by atoms with van der Waals surface area (Å²) < 4.78 is 10.2. The third-order valence-corrected chi connectivity index (χ3v) is 4.45. The summed E-state index contributed by atoms with van der Waals surface area (Å²) in [4.78, 5) is 17.2. The molecule has 0 N–H and O–H groups in total. The third kappa shape index (κ3) is 6.70. The number of amides is 1. The van der Waals surface area contributed by atoms with E-state index in [1.165, 1.54) is 0 Å². The lowest BCUT2D eigenvalue weighted by Gasteiger charge is -2.13. The molecular weight excluding hydrogens is 284 g/mol. The summed E-state index contributed by atoms with van der Waals surface area (Å²) in [5, 5.41) is 0.907. The molecular formula is C12H18N2O3S2. The molecule has 0 aliphatic carbocycles. The van der Waals surface area contributed by atoms with Gasteiger partial charge in [0.1, 0.15) is 18.4 Å². The monoisotopic (exact) mass is 302 g/mol. The summed E-state index contributed by atoms with van der Waals surface area (Å²) in [6, 6.07) is 0. The Kier molecular flexibility index (Phi) is 8.44. The summed E-state index contributed by atoms with van der Waals surface area (Å²) in [5.74, 6) is 0.714. The van der Waals surface area contributed by atoms with Gasteiger partial charge in [-0.15, -0.1) is 0 Å². The highest BCUT2D eigenvalue weighted by atomic mass is 33.1. The van der Waals surface area contributed by atoms with Crippen LogP contribution in [-0.4, -0.2) is 55.3 Å². The van der Waals surface area contributed by atoms with Gasteiger partial charge in [0.2, 0.25) is 0 Å². The maximum atomic E-state index is 11.5. The molecule has 1 heterocycles. The molecule has 1 rings (SSSR count).